The molecule has 0 aliphatic carbocycles. The molecule has 0 bridgehead atoms. The van der Waals surface area contributed by atoms with Crippen LogP contribution in [-0.2, 0) is 13.1 Å². The van der Waals surface area contributed by atoms with Gasteiger partial charge in [0, 0.05) is 23.0 Å². The molecule has 2 rings (SSSR count). The third-order valence-electron chi connectivity index (χ3n) is 2.15. The van der Waals surface area contributed by atoms with Crippen molar-refractivity contribution in [2.45, 2.75) is 13.1 Å². The lowest BCUT2D eigenvalue weighted by Crippen LogP contribution is -2.11. The Balaban J connectivity index is 1.84. The van der Waals surface area contributed by atoms with Gasteiger partial charge in [-0.15, -0.1) is 11.3 Å². The first-order chi connectivity index (χ1) is 7.74. The van der Waals surface area contributed by atoms with E-state index in [1.807, 2.05) is 18.2 Å². The van der Waals surface area contributed by atoms with Crippen molar-refractivity contribution in [2.24, 2.45) is 0 Å². The van der Waals surface area contributed by atoms with Gasteiger partial charge in [0.05, 0.1) is 3.79 Å². The van der Waals surface area contributed by atoms with Gasteiger partial charge < -0.3 is 5.32 Å². The van der Waals surface area contributed by atoms with E-state index in [0.717, 1.165) is 18.1 Å². The Morgan fingerprint density at radius 1 is 1.19 bits per heavy atom. The zero-order chi connectivity index (χ0) is 11.4. The molecule has 4 heteroatoms. The fourth-order valence-electron chi connectivity index (χ4n) is 1.42. The second kappa shape index (κ2) is 5.82. The van der Waals surface area contributed by atoms with Crippen molar-refractivity contribution < 1.29 is 0 Å². The van der Waals surface area contributed by atoms with Crippen LogP contribution in [0.3, 0.4) is 0 Å². The molecule has 0 radical (unpaired) electrons. The van der Waals surface area contributed by atoms with Crippen LogP contribution in [0.5, 0.6) is 0 Å². The van der Waals surface area contributed by atoms with Crippen LogP contribution < -0.4 is 5.32 Å². The highest BCUT2D eigenvalue weighted by atomic mass is 79.9. The molecule has 0 fully saturated rings. The first-order valence-electron chi connectivity index (χ1n) is 4.93. The average Bonchev–Trinajstić information content (AvgIpc) is 2.64. The van der Waals surface area contributed by atoms with Crippen LogP contribution in [0, 0.1) is 0 Å². The number of nitrogens with one attached hydrogen (secondary N) is 1. The van der Waals surface area contributed by atoms with E-state index in [1.165, 1.54) is 14.2 Å². The Bertz CT molecular complexity index is 470. The van der Waals surface area contributed by atoms with Gasteiger partial charge in [0.15, 0.2) is 0 Å². The van der Waals surface area contributed by atoms with Crippen LogP contribution in [0.4, 0.5) is 0 Å². The molecule has 1 heterocycles. The molecule has 84 valence electrons. The van der Waals surface area contributed by atoms with Gasteiger partial charge in [0.2, 0.25) is 0 Å². The van der Waals surface area contributed by atoms with Crippen molar-refractivity contribution in [3.8, 4) is 0 Å². The number of hydrogen-bond acceptors (Lipinski definition) is 2. The monoisotopic (exact) mass is 315 g/mol. The Kier molecular flexibility index (Phi) is 4.41. The lowest BCUT2D eigenvalue weighted by Gasteiger charge is -2.03. The lowest BCUT2D eigenvalue weighted by molar-refractivity contribution is 0.701. The number of thiophene rings is 1. The second-order valence-corrected chi connectivity index (χ2v) is 6.42. The SMILES string of the molecule is Clc1cccc(CNCc2ccc(Br)s2)c1. The minimum atomic E-state index is 0.790. The van der Waals surface area contributed by atoms with Crippen LogP contribution in [-0.4, -0.2) is 0 Å². The predicted molar refractivity (Wildman–Crippen MR) is 74.0 cm³/mol. The maximum Gasteiger partial charge on any atom is 0.0701 e. The summed E-state index contributed by atoms with van der Waals surface area (Å²) in [7, 11) is 0. The fraction of sp³-hybridized carbons (Fsp3) is 0.167. The van der Waals surface area contributed by atoms with E-state index in [-0.39, 0.29) is 0 Å². The molecule has 1 nitrogen and oxygen atoms in total. The van der Waals surface area contributed by atoms with Gasteiger partial charge in [0.1, 0.15) is 0 Å². The molecule has 1 N–H and O–H groups in total. The van der Waals surface area contributed by atoms with Gasteiger partial charge in [-0.1, -0.05) is 23.7 Å². The molecule has 1 aromatic carbocycles. The van der Waals surface area contributed by atoms with Crippen molar-refractivity contribution in [3.05, 3.63) is 55.6 Å². The fourth-order valence-corrected chi connectivity index (χ4v) is 3.09. The van der Waals surface area contributed by atoms with E-state index in [0.29, 0.717) is 0 Å². The van der Waals surface area contributed by atoms with Gasteiger partial charge in [0.25, 0.3) is 0 Å². The first-order valence-corrected chi connectivity index (χ1v) is 6.92. The highest BCUT2D eigenvalue weighted by Crippen LogP contribution is 2.21. The predicted octanol–water partition coefficient (Wildman–Crippen LogP) is 4.45. The van der Waals surface area contributed by atoms with Crippen LogP contribution in [0.2, 0.25) is 5.02 Å². The Labute approximate surface area is 113 Å². The molecule has 0 aliphatic heterocycles. The molecular formula is C12H11BrClNS. The van der Waals surface area contributed by atoms with Gasteiger partial charge in [-0.3, -0.25) is 0 Å². The van der Waals surface area contributed by atoms with Crippen molar-refractivity contribution in [2.75, 3.05) is 0 Å². The topological polar surface area (TPSA) is 12.0 Å². The number of hydrogen-bond donors (Lipinski definition) is 1. The van der Waals surface area contributed by atoms with Crippen LogP contribution in [0.25, 0.3) is 0 Å². The Hall–Kier alpha value is -0.350. The zero-order valence-electron chi connectivity index (χ0n) is 8.54. The molecule has 2 aromatic rings. The van der Waals surface area contributed by atoms with Crippen LogP contribution in [0.1, 0.15) is 10.4 Å². The minimum absolute atomic E-state index is 0.790. The highest BCUT2D eigenvalue weighted by Gasteiger charge is 1.98. The maximum atomic E-state index is 5.91. The average molecular weight is 317 g/mol. The quantitative estimate of drug-likeness (QED) is 0.878. The molecule has 0 saturated heterocycles. The molecule has 16 heavy (non-hydrogen) atoms. The molecule has 0 amide bonds. The molecule has 0 atom stereocenters. The van der Waals surface area contributed by atoms with Crippen molar-refractivity contribution in [3.63, 3.8) is 0 Å². The van der Waals surface area contributed by atoms with Crippen molar-refractivity contribution in [1.82, 2.24) is 5.32 Å². The number of halogens is 2. The Morgan fingerprint density at radius 2 is 2.06 bits per heavy atom. The summed E-state index contributed by atoms with van der Waals surface area (Å²) in [6.07, 6.45) is 0. The summed E-state index contributed by atoms with van der Waals surface area (Å²) >= 11 is 11.1. The van der Waals surface area contributed by atoms with Crippen molar-refractivity contribution in [1.29, 1.82) is 0 Å². The first kappa shape index (κ1) is 12.1. The number of rotatable bonds is 4. The normalized spacial score (nSPS) is 10.6. The van der Waals surface area contributed by atoms with E-state index < -0.39 is 0 Å². The summed E-state index contributed by atoms with van der Waals surface area (Å²) < 4.78 is 1.17. The van der Waals surface area contributed by atoms with E-state index in [4.69, 9.17) is 11.6 Å². The van der Waals surface area contributed by atoms with Gasteiger partial charge in [-0.25, -0.2) is 0 Å². The second-order valence-electron chi connectivity index (χ2n) is 3.44. The maximum absolute atomic E-state index is 5.91. The van der Waals surface area contributed by atoms with Crippen LogP contribution in [0.15, 0.2) is 40.2 Å². The van der Waals surface area contributed by atoms with Gasteiger partial charge >= 0.3 is 0 Å². The van der Waals surface area contributed by atoms with E-state index in [2.05, 4.69) is 39.4 Å². The zero-order valence-corrected chi connectivity index (χ0v) is 11.7. The molecule has 0 saturated carbocycles. The molecular weight excluding hydrogens is 306 g/mol. The summed E-state index contributed by atoms with van der Waals surface area (Å²) in [4.78, 5) is 1.33. The third kappa shape index (κ3) is 3.59. The van der Waals surface area contributed by atoms with E-state index in [9.17, 15) is 0 Å². The Morgan fingerprint density at radius 3 is 2.75 bits per heavy atom. The number of benzene rings is 1. The van der Waals surface area contributed by atoms with Gasteiger partial charge in [-0.05, 0) is 45.8 Å². The molecule has 0 unspecified atom stereocenters. The molecule has 1 aromatic heterocycles. The van der Waals surface area contributed by atoms with Gasteiger partial charge in [-0.2, -0.15) is 0 Å². The van der Waals surface area contributed by atoms with Crippen LogP contribution >= 0.6 is 38.9 Å². The van der Waals surface area contributed by atoms with Crippen molar-refractivity contribution >= 4 is 38.9 Å². The molecule has 0 aliphatic rings. The summed E-state index contributed by atoms with van der Waals surface area (Å²) in [6.45, 7) is 1.73. The summed E-state index contributed by atoms with van der Waals surface area (Å²) in [5.74, 6) is 0. The van der Waals surface area contributed by atoms with E-state index >= 15 is 0 Å². The molecule has 0 spiro atoms. The summed E-state index contributed by atoms with van der Waals surface area (Å²) in [5, 5.41) is 4.18. The lowest BCUT2D eigenvalue weighted by atomic mass is 10.2. The summed E-state index contributed by atoms with van der Waals surface area (Å²) in [5.41, 5.74) is 1.21. The largest absolute Gasteiger partial charge is 0.308 e. The third-order valence-corrected chi connectivity index (χ3v) is 4.00. The summed E-state index contributed by atoms with van der Waals surface area (Å²) in [6, 6.07) is 12.1. The highest BCUT2D eigenvalue weighted by molar-refractivity contribution is 9.11. The standard InChI is InChI=1S/C12H11BrClNS/c13-12-5-4-11(16-12)8-15-7-9-2-1-3-10(14)6-9/h1-6,15H,7-8H2. The van der Waals surface area contributed by atoms with E-state index in [1.54, 1.807) is 11.3 Å². The minimum Gasteiger partial charge on any atom is -0.308 e. The smallest absolute Gasteiger partial charge is 0.0701 e.